The zero-order chi connectivity index (χ0) is 9.26. The van der Waals surface area contributed by atoms with Gasteiger partial charge in [-0.1, -0.05) is 11.2 Å². The van der Waals surface area contributed by atoms with Crippen molar-refractivity contribution in [2.24, 2.45) is 5.73 Å². The summed E-state index contributed by atoms with van der Waals surface area (Å²) in [4.78, 5) is 0. The lowest BCUT2D eigenvalue weighted by molar-refractivity contribution is 0.457. The Kier molecular flexibility index (Phi) is 1.86. The summed E-state index contributed by atoms with van der Waals surface area (Å²) in [5, 5.41) is 7.61. The van der Waals surface area contributed by atoms with Gasteiger partial charge in [0.1, 0.15) is 0 Å². The van der Waals surface area contributed by atoms with E-state index in [2.05, 4.69) is 10.5 Å². The van der Waals surface area contributed by atoms with E-state index in [0.29, 0.717) is 5.58 Å². The van der Waals surface area contributed by atoms with Crippen LogP contribution < -0.4 is 11.1 Å². The molecule has 2 rings (SSSR count). The maximum absolute atomic E-state index is 5.34. The molecule has 0 bridgehead atoms. The van der Waals surface area contributed by atoms with E-state index in [1.165, 1.54) is 0 Å². The molecule has 13 heavy (non-hydrogen) atoms. The molecule has 66 valence electrons. The standard InChI is InChI=1S/C8H7N3OS/c9-8(13)11-6-3-1-2-5-4-10-12-7(5)6/h1-4H,(H3,9,11,13). The molecule has 1 heterocycles. The Morgan fingerprint density at radius 1 is 1.54 bits per heavy atom. The van der Waals surface area contributed by atoms with Crippen LogP contribution in [0.1, 0.15) is 0 Å². The van der Waals surface area contributed by atoms with Crippen LogP contribution >= 0.6 is 12.2 Å². The summed E-state index contributed by atoms with van der Waals surface area (Å²) < 4.78 is 5.02. The second-order valence-corrected chi connectivity index (χ2v) is 2.98. The zero-order valence-electron chi connectivity index (χ0n) is 6.65. The number of aromatic nitrogens is 1. The van der Waals surface area contributed by atoms with Gasteiger partial charge in [-0.3, -0.25) is 0 Å². The highest BCUT2D eigenvalue weighted by Gasteiger charge is 2.04. The summed E-state index contributed by atoms with van der Waals surface area (Å²) in [5.41, 5.74) is 6.74. The smallest absolute Gasteiger partial charge is 0.190 e. The first kappa shape index (κ1) is 8.00. The molecule has 1 aromatic carbocycles. The Hall–Kier alpha value is -1.62. The van der Waals surface area contributed by atoms with Crippen LogP contribution in [-0.4, -0.2) is 10.3 Å². The van der Waals surface area contributed by atoms with Gasteiger partial charge in [0, 0.05) is 5.39 Å². The van der Waals surface area contributed by atoms with E-state index in [-0.39, 0.29) is 5.11 Å². The first-order valence-electron chi connectivity index (χ1n) is 3.67. The Labute approximate surface area is 79.7 Å². The van der Waals surface area contributed by atoms with Crippen LogP contribution in [0.15, 0.2) is 28.9 Å². The maximum Gasteiger partial charge on any atom is 0.190 e. The molecular formula is C8H7N3OS. The van der Waals surface area contributed by atoms with Gasteiger partial charge in [0.15, 0.2) is 10.7 Å². The van der Waals surface area contributed by atoms with Crippen molar-refractivity contribution in [3.63, 3.8) is 0 Å². The molecule has 0 spiro atoms. The molecule has 0 atom stereocenters. The fourth-order valence-electron chi connectivity index (χ4n) is 1.13. The van der Waals surface area contributed by atoms with Gasteiger partial charge in [-0.15, -0.1) is 0 Å². The van der Waals surface area contributed by atoms with Gasteiger partial charge in [0.05, 0.1) is 11.9 Å². The highest BCUT2D eigenvalue weighted by atomic mass is 32.1. The number of nitrogens with zero attached hydrogens (tertiary/aromatic N) is 1. The maximum atomic E-state index is 5.34. The molecule has 0 amide bonds. The molecule has 0 saturated heterocycles. The fourth-order valence-corrected chi connectivity index (χ4v) is 1.24. The predicted octanol–water partition coefficient (Wildman–Crippen LogP) is 1.48. The first-order chi connectivity index (χ1) is 6.27. The Bertz CT molecular complexity index is 451. The molecule has 0 radical (unpaired) electrons. The van der Waals surface area contributed by atoms with Gasteiger partial charge in [0.2, 0.25) is 0 Å². The third kappa shape index (κ3) is 1.46. The number of nitrogens with two attached hydrogens (primary N) is 1. The van der Waals surface area contributed by atoms with Crippen molar-refractivity contribution in [1.82, 2.24) is 5.16 Å². The second-order valence-electron chi connectivity index (χ2n) is 2.54. The molecule has 5 heteroatoms. The van der Waals surface area contributed by atoms with E-state index >= 15 is 0 Å². The lowest BCUT2D eigenvalue weighted by atomic mass is 10.2. The van der Waals surface area contributed by atoms with Crippen LogP contribution in [0.5, 0.6) is 0 Å². The molecule has 0 aliphatic carbocycles. The number of nitrogens with one attached hydrogen (secondary N) is 1. The molecule has 1 aromatic heterocycles. The number of hydrogen-bond acceptors (Lipinski definition) is 3. The number of thiocarbonyl (C=S) groups is 1. The van der Waals surface area contributed by atoms with Gasteiger partial charge < -0.3 is 15.6 Å². The number of fused-ring (bicyclic) bond motifs is 1. The van der Waals surface area contributed by atoms with Crippen molar-refractivity contribution in [2.45, 2.75) is 0 Å². The molecule has 0 unspecified atom stereocenters. The number of rotatable bonds is 1. The third-order valence-electron chi connectivity index (χ3n) is 1.64. The van der Waals surface area contributed by atoms with Crippen molar-refractivity contribution in [3.8, 4) is 0 Å². The van der Waals surface area contributed by atoms with Crippen LogP contribution in [0.4, 0.5) is 5.69 Å². The van der Waals surface area contributed by atoms with E-state index in [1.54, 1.807) is 6.20 Å². The summed E-state index contributed by atoms with van der Waals surface area (Å²) in [6, 6.07) is 5.60. The average Bonchev–Trinajstić information content (AvgIpc) is 2.51. The lowest BCUT2D eigenvalue weighted by Gasteiger charge is -2.02. The number of benzene rings is 1. The summed E-state index contributed by atoms with van der Waals surface area (Å²) in [5.74, 6) is 0. The largest absolute Gasteiger partial charge is 0.376 e. The highest BCUT2D eigenvalue weighted by Crippen LogP contribution is 2.22. The van der Waals surface area contributed by atoms with E-state index in [9.17, 15) is 0 Å². The van der Waals surface area contributed by atoms with E-state index in [4.69, 9.17) is 22.5 Å². The normalized spacial score (nSPS) is 10.2. The minimum absolute atomic E-state index is 0.212. The fraction of sp³-hybridized carbons (Fsp3) is 0. The number of anilines is 1. The van der Waals surface area contributed by atoms with Crippen LogP contribution in [-0.2, 0) is 0 Å². The van der Waals surface area contributed by atoms with E-state index < -0.39 is 0 Å². The quantitative estimate of drug-likeness (QED) is 0.672. The SMILES string of the molecule is NC(=S)Nc1cccc2cnoc12. The molecular weight excluding hydrogens is 186 g/mol. The lowest BCUT2D eigenvalue weighted by Crippen LogP contribution is -2.18. The first-order valence-corrected chi connectivity index (χ1v) is 4.08. The van der Waals surface area contributed by atoms with Gasteiger partial charge in [-0.2, -0.15) is 0 Å². The molecule has 0 saturated carbocycles. The van der Waals surface area contributed by atoms with Gasteiger partial charge in [-0.25, -0.2) is 0 Å². The molecule has 2 aromatic rings. The molecule has 4 nitrogen and oxygen atoms in total. The molecule has 0 aliphatic rings. The van der Waals surface area contributed by atoms with E-state index in [1.807, 2.05) is 18.2 Å². The van der Waals surface area contributed by atoms with Crippen LogP contribution in [0.3, 0.4) is 0 Å². The summed E-state index contributed by atoms with van der Waals surface area (Å²) >= 11 is 4.72. The minimum atomic E-state index is 0.212. The molecule has 3 N–H and O–H groups in total. The van der Waals surface area contributed by atoms with Crippen LogP contribution in [0.2, 0.25) is 0 Å². The third-order valence-corrected chi connectivity index (χ3v) is 1.74. The zero-order valence-corrected chi connectivity index (χ0v) is 7.47. The summed E-state index contributed by atoms with van der Waals surface area (Å²) in [7, 11) is 0. The van der Waals surface area contributed by atoms with Gasteiger partial charge in [-0.05, 0) is 24.4 Å². The van der Waals surface area contributed by atoms with Crippen LogP contribution in [0, 0.1) is 0 Å². The highest BCUT2D eigenvalue weighted by molar-refractivity contribution is 7.80. The van der Waals surface area contributed by atoms with Crippen molar-refractivity contribution in [3.05, 3.63) is 24.4 Å². The van der Waals surface area contributed by atoms with Crippen molar-refractivity contribution in [1.29, 1.82) is 0 Å². The Morgan fingerprint density at radius 3 is 3.15 bits per heavy atom. The van der Waals surface area contributed by atoms with Crippen molar-refractivity contribution >= 4 is 34.0 Å². The molecule has 0 fully saturated rings. The van der Waals surface area contributed by atoms with Gasteiger partial charge >= 0.3 is 0 Å². The minimum Gasteiger partial charge on any atom is -0.376 e. The Morgan fingerprint density at radius 2 is 2.38 bits per heavy atom. The number of hydrogen-bond donors (Lipinski definition) is 2. The summed E-state index contributed by atoms with van der Waals surface area (Å²) in [6.45, 7) is 0. The second kappa shape index (κ2) is 3.02. The van der Waals surface area contributed by atoms with Gasteiger partial charge in [0.25, 0.3) is 0 Å². The predicted molar refractivity (Wildman–Crippen MR) is 54.4 cm³/mol. The monoisotopic (exact) mass is 193 g/mol. The van der Waals surface area contributed by atoms with Crippen molar-refractivity contribution < 1.29 is 4.52 Å². The average molecular weight is 193 g/mol. The molecule has 0 aliphatic heterocycles. The van der Waals surface area contributed by atoms with E-state index in [0.717, 1.165) is 11.1 Å². The van der Waals surface area contributed by atoms with Crippen LogP contribution in [0.25, 0.3) is 11.0 Å². The summed E-state index contributed by atoms with van der Waals surface area (Å²) in [6.07, 6.45) is 1.64. The number of para-hydroxylation sites is 1. The Balaban J connectivity index is 2.54. The van der Waals surface area contributed by atoms with Crippen molar-refractivity contribution in [2.75, 3.05) is 5.32 Å². The topological polar surface area (TPSA) is 64.1 Å².